The third-order valence-electron chi connectivity index (χ3n) is 5.53. The van der Waals surface area contributed by atoms with Gasteiger partial charge in [0, 0.05) is 49.2 Å². The van der Waals surface area contributed by atoms with Crippen LogP contribution in [0.3, 0.4) is 0 Å². The van der Waals surface area contributed by atoms with E-state index in [-0.39, 0.29) is 11.8 Å². The lowest BCUT2D eigenvalue weighted by molar-refractivity contribution is 0.208. The molecule has 6 nitrogen and oxygen atoms in total. The highest BCUT2D eigenvalue weighted by molar-refractivity contribution is 5.91. The highest BCUT2D eigenvalue weighted by atomic mass is 19.1. The van der Waals surface area contributed by atoms with Crippen LogP contribution in [0.2, 0.25) is 0 Å². The van der Waals surface area contributed by atoms with Crippen molar-refractivity contribution in [1.29, 1.82) is 0 Å². The second kappa shape index (κ2) is 8.71. The number of hydrogen-bond acceptors (Lipinski definition) is 4. The SMILES string of the molecule is Cc1cc(N2CCN(C(=O)Nc3c(C)cccc3C)CC2)nc(-c2cccc(F)c2)n1. The van der Waals surface area contributed by atoms with Crippen LogP contribution in [-0.4, -0.2) is 47.1 Å². The Morgan fingerprint density at radius 2 is 1.61 bits per heavy atom. The molecule has 2 amide bonds. The normalized spacial score (nSPS) is 13.9. The van der Waals surface area contributed by atoms with Crippen LogP contribution in [0, 0.1) is 26.6 Å². The van der Waals surface area contributed by atoms with Crippen molar-refractivity contribution in [2.45, 2.75) is 20.8 Å². The van der Waals surface area contributed by atoms with Crippen molar-refractivity contribution in [2.24, 2.45) is 0 Å². The Morgan fingerprint density at radius 1 is 0.935 bits per heavy atom. The van der Waals surface area contributed by atoms with E-state index in [4.69, 9.17) is 0 Å². The predicted molar refractivity (Wildman–Crippen MR) is 121 cm³/mol. The highest BCUT2D eigenvalue weighted by Crippen LogP contribution is 2.23. The van der Waals surface area contributed by atoms with Crippen LogP contribution >= 0.6 is 0 Å². The first-order chi connectivity index (χ1) is 14.9. The van der Waals surface area contributed by atoms with Gasteiger partial charge in [-0.3, -0.25) is 0 Å². The van der Waals surface area contributed by atoms with Gasteiger partial charge >= 0.3 is 6.03 Å². The quantitative estimate of drug-likeness (QED) is 0.676. The van der Waals surface area contributed by atoms with Gasteiger partial charge in [-0.05, 0) is 44.0 Å². The Bertz CT molecular complexity index is 1090. The number of aromatic nitrogens is 2. The first-order valence-electron chi connectivity index (χ1n) is 10.4. The summed E-state index contributed by atoms with van der Waals surface area (Å²) in [5.41, 5.74) is 4.44. The van der Waals surface area contributed by atoms with Crippen LogP contribution in [0.15, 0.2) is 48.5 Å². The smallest absolute Gasteiger partial charge is 0.321 e. The van der Waals surface area contributed by atoms with Gasteiger partial charge in [-0.1, -0.05) is 30.3 Å². The first-order valence-corrected chi connectivity index (χ1v) is 10.4. The molecule has 1 aliphatic rings. The molecule has 0 saturated carbocycles. The number of anilines is 2. The number of nitrogens with zero attached hydrogens (tertiary/aromatic N) is 4. The predicted octanol–water partition coefficient (Wildman–Crippen LogP) is 4.56. The summed E-state index contributed by atoms with van der Waals surface area (Å²) >= 11 is 0. The summed E-state index contributed by atoms with van der Waals surface area (Å²) in [6.07, 6.45) is 0. The van der Waals surface area contributed by atoms with Crippen molar-refractivity contribution >= 4 is 17.5 Å². The molecule has 0 bridgehead atoms. The molecule has 2 heterocycles. The summed E-state index contributed by atoms with van der Waals surface area (Å²) in [7, 11) is 0. The van der Waals surface area contributed by atoms with Crippen molar-refractivity contribution in [3.05, 3.63) is 71.2 Å². The minimum absolute atomic E-state index is 0.0867. The maximum atomic E-state index is 13.6. The van der Waals surface area contributed by atoms with E-state index in [9.17, 15) is 9.18 Å². The first kappa shape index (κ1) is 20.8. The molecule has 3 aromatic rings. The van der Waals surface area contributed by atoms with Crippen molar-refractivity contribution < 1.29 is 9.18 Å². The number of carbonyl (C=O) groups excluding carboxylic acids is 1. The Hall–Kier alpha value is -3.48. The summed E-state index contributed by atoms with van der Waals surface area (Å²) in [4.78, 5) is 25.9. The molecule has 1 aromatic heterocycles. The van der Waals surface area contributed by atoms with Gasteiger partial charge < -0.3 is 15.1 Å². The minimum atomic E-state index is -0.312. The van der Waals surface area contributed by atoms with Gasteiger partial charge in [0.05, 0.1) is 0 Å². The number of benzene rings is 2. The van der Waals surface area contributed by atoms with Crippen molar-refractivity contribution in [3.63, 3.8) is 0 Å². The fourth-order valence-corrected chi connectivity index (χ4v) is 3.81. The van der Waals surface area contributed by atoms with Crippen LogP contribution in [0.5, 0.6) is 0 Å². The van der Waals surface area contributed by atoms with Crippen LogP contribution < -0.4 is 10.2 Å². The maximum absolute atomic E-state index is 13.6. The van der Waals surface area contributed by atoms with Gasteiger partial charge in [-0.2, -0.15) is 0 Å². The fraction of sp³-hybridized carbons (Fsp3) is 0.292. The molecule has 0 atom stereocenters. The zero-order valence-corrected chi connectivity index (χ0v) is 18.0. The van der Waals surface area contributed by atoms with Gasteiger partial charge in [-0.15, -0.1) is 0 Å². The van der Waals surface area contributed by atoms with Crippen LogP contribution in [0.4, 0.5) is 20.7 Å². The van der Waals surface area contributed by atoms with Gasteiger partial charge in [0.2, 0.25) is 0 Å². The molecule has 7 heteroatoms. The van der Waals surface area contributed by atoms with E-state index in [0.717, 1.165) is 28.3 Å². The monoisotopic (exact) mass is 419 g/mol. The van der Waals surface area contributed by atoms with E-state index in [0.29, 0.717) is 37.6 Å². The van der Waals surface area contributed by atoms with E-state index >= 15 is 0 Å². The lowest BCUT2D eigenvalue weighted by Gasteiger charge is -2.35. The van der Waals surface area contributed by atoms with Gasteiger partial charge in [0.1, 0.15) is 11.6 Å². The topological polar surface area (TPSA) is 61.4 Å². The molecular formula is C24H26FN5O. The second-order valence-electron chi connectivity index (χ2n) is 7.87. The standard InChI is InChI=1S/C24H26FN5O/c1-16-6-4-7-17(2)22(16)28-24(31)30-12-10-29(11-13-30)21-14-18(3)26-23(27-21)19-8-5-9-20(25)15-19/h4-9,14-15H,10-13H2,1-3H3,(H,28,31). The van der Waals surface area contributed by atoms with Crippen molar-refractivity contribution in [1.82, 2.24) is 14.9 Å². The van der Waals surface area contributed by atoms with Crippen LogP contribution in [0.25, 0.3) is 11.4 Å². The zero-order valence-electron chi connectivity index (χ0n) is 18.0. The van der Waals surface area contributed by atoms with Gasteiger partial charge in [0.15, 0.2) is 5.82 Å². The molecule has 4 rings (SSSR count). The Kier molecular flexibility index (Phi) is 5.84. The lowest BCUT2D eigenvalue weighted by Crippen LogP contribution is -2.50. The molecular weight excluding hydrogens is 393 g/mol. The minimum Gasteiger partial charge on any atom is -0.353 e. The van der Waals surface area contributed by atoms with Gasteiger partial charge in [-0.25, -0.2) is 19.2 Å². The number of hydrogen-bond donors (Lipinski definition) is 1. The number of halogens is 1. The molecule has 0 unspecified atom stereocenters. The summed E-state index contributed by atoms with van der Waals surface area (Å²) < 4.78 is 13.6. The second-order valence-corrected chi connectivity index (χ2v) is 7.87. The average Bonchev–Trinajstić information content (AvgIpc) is 2.76. The number of nitrogens with one attached hydrogen (secondary N) is 1. The molecule has 1 fully saturated rings. The van der Waals surface area contributed by atoms with E-state index in [1.54, 1.807) is 12.1 Å². The molecule has 1 aliphatic heterocycles. The van der Waals surface area contributed by atoms with Gasteiger partial charge in [0.25, 0.3) is 0 Å². The third kappa shape index (κ3) is 4.66. The van der Waals surface area contributed by atoms with Crippen LogP contribution in [-0.2, 0) is 0 Å². The number of rotatable bonds is 3. The number of urea groups is 1. The summed E-state index contributed by atoms with van der Waals surface area (Å²) in [6.45, 7) is 8.41. The molecule has 0 aliphatic carbocycles. The van der Waals surface area contributed by atoms with Crippen molar-refractivity contribution in [3.8, 4) is 11.4 Å². The number of carbonyl (C=O) groups is 1. The molecule has 2 aromatic carbocycles. The lowest BCUT2D eigenvalue weighted by atomic mass is 10.1. The summed E-state index contributed by atoms with van der Waals surface area (Å²) in [5.74, 6) is 0.985. The Morgan fingerprint density at radius 3 is 2.29 bits per heavy atom. The van der Waals surface area contributed by atoms with Crippen molar-refractivity contribution in [2.75, 3.05) is 36.4 Å². The number of amides is 2. The molecule has 160 valence electrons. The Labute approximate surface area is 181 Å². The highest BCUT2D eigenvalue weighted by Gasteiger charge is 2.23. The van der Waals surface area contributed by atoms with Crippen LogP contribution in [0.1, 0.15) is 16.8 Å². The van der Waals surface area contributed by atoms with E-state index in [1.165, 1.54) is 12.1 Å². The largest absolute Gasteiger partial charge is 0.353 e. The summed E-state index contributed by atoms with van der Waals surface area (Å²) in [6, 6.07) is 14.1. The molecule has 1 N–H and O–H groups in total. The zero-order chi connectivity index (χ0) is 22.0. The number of aryl methyl sites for hydroxylation is 3. The van der Waals surface area contributed by atoms with E-state index in [2.05, 4.69) is 20.2 Å². The van der Waals surface area contributed by atoms with E-state index in [1.807, 2.05) is 49.9 Å². The Balaban J connectivity index is 1.45. The van der Waals surface area contributed by atoms with E-state index < -0.39 is 0 Å². The molecule has 31 heavy (non-hydrogen) atoms. The maximum Gasteiger partial charge on any atom is 0.321 e. The summed E-state index contributed by atoms with van der Waals surface area (Å²) in [5, 5.41) is 3.06. The third-order valence-corrected chi connectivity index (χ3v) is 5.53. The molecule has 0 spiro atoms. The molecule has 1 saturated heterocycles. The average molecular weight is 420 g/mol. The number of para-hydroxylation sites is 1. The number of piperazine rings is 1. The molecule has 0 radical (unpaired) electrons. The fourth-order valence-electron chi connectivity index (χ4n) is 3.81.